The van der Waals surface area contributed by atoms with Crippen LogP contribution in [0, 0.1) is 5.41 Å². The number of carbonyl (C=O) groups is 3. The van der Waals surface area contributed by atoms with Gasteiger partial charge in [-0.15, -0.1) is 11.3 Å². The largest absolute Gasteiger partial charge is 0.416 e. The third-order valence-corrected chi connectivity index (χ3v) is 10.8. The van der Waals surface area contributed by atoms with Crippen LogP contribution in [0.25, 0.3) is 10.1 Å². The minimum Gasteiger partial charge on any atom is -0.339 e. The lowest BCUT2D eigenvalue weighted by Crippen LogP contribution is -2.59. The maximum absolute atomic E-state index is 13.8. The number of likely N-dealkylation sites (tertiary alicyclic amines) is 2. The first-order valence-electron chi connectivity index (χ1n) is 13.7. The third-order valence-electron chi connectivity index (χ3n) is 7.84. The molecule has 2 N–H and O–H groups in total. The summed E-state index contributed by atoms with van der Waals surface area (Å²) >= 11 is 7.21. The zero-order chi connectivity index (χ0) is 32.2. The molecule has 9 nitrogen and oxygen atoms in total. The Kier molecular flexibility index (Phi) is 8.51. The predicted octanol–water partition coefficient (Wildman–Crippen LogP) is 4.51. The summed E-state index contributed by atoms with van der Waals surface area (Å²) in [7, 11) is -4.54. The number of halogens is 4. The smallest absolute Gasteiger partial charge is 0.339 e. The molecule has 2 bridgehead atoms. The van der Waals surface area contributed by atoms with Gasteiger partial charge in [-0.2, -0.15) is 13.2 Å². The summed E-state index contributed by atoms with van der Waals surface area (Å²) in [5.74, 6) is -1.21. The average Bonchev–Trinajstić information content (AvgIpc) is 3.67. The fourth-order valence-corrected chi connectivity index (χ4v) is 8.04. The molecule has 236 valence electrons. The molecule has 3 heterocycles. The van der Waals surface area contributed by atoms with Crippen molar-refractivity contribution in [3.63, 3.8) is 0 Å². The van der Waals surface area contributed by atoms with Crippen LogP contribution < -0.4 is 10.0 Å². The molecule has 0 radical (unpaired) electrons. The molecule has 1 aromatic heterocycles. The van der Waals surface area contributed by atoms with Crippen LogP contribution in [-0.2, 0) is 25.8 Å². The van der Waals surface area contributed by atoms with Gasteiger partial charge in [0, 0.05) is 17.8 Å². The second kappa shape index (κ2) is 11.6. The van der Waals surface area contributed by atoms with E-state index in [-0.39, 0.29) is 37.0 Å². The molecule has 0 aliphatic carbocycles. The summed E-state index contributed by atoms with van der Waals surface area (Å²) < 4.78 is 67.8. The fraction of sp³-hybridized carbons (Fsp3) is 0.414. The van der Waals surface area contributed by atoms with Crippen LogP contribution >= 0.6 is 22.9 Å². The van der Waals surface area contributed by atoms with Gasteiger partial charge < -0.3 is 15.1 Å². The topological polar surface area (TPSA) is 116 Å². The molecular weight excluding hydrogens is 641 g/mol. The van der Waals surface area contributed by atoms with Crippen molar-refractivity contribution >= 4 is 60.8 Å². The normalized spacial score (nSPS) is 19.4. The number of nitrogens with zero attached hydrogens (tertiary/aromatic N) is 2. The van der Waals surface area contributed by atoms with E-state index in [4.69, 9.17) is 11.6 Å². The van der Waals surface area contributed by atoms with Crippen molar-refractivity contribution in [1.82, 2.24) is 19.8 Å². The molecule has 2 saturated heterocycles. The molecule has 2 fully saturated rings. The van der Waals surface area contributed by atoms with Crippen molar-refractivity contribution in [3.8, 4) is 0 Å². The number of hydrogen-bond acceptors (Lipinski definition) is 6. The summed E-state index contributed by atoms with van der Waals surface area (Å²) in [5, 5.41) is 3.43. The SMILES string of the molecule is CC(C)(C)[C@H](NC(=O)c1cc2ccccc2s1)C(=O)N1C[C@@H]2C[C@H]1CN2C(=O)CNS(=O)(=O)c1cc(C(F)(F)F)ccc1Cl. The van der Waals surface area contributed by atoms with E-state index < -0.39 is 55.6 Å². The Hall–Kier alpha value is -3.20. The molecule has 2 aliphatic heterocycles. The highest BCUT2D eigenvalue weighted by Crippen LogP contribution is 2.35. The molecule has 2 aliphatic rings. The van der Waals surface area contributed by atoms with Crippen LogP contribution in [0.15, 0.2) is 53.4 Å². The van der Waals surface area contributed by atoms with Crippen molar-refractivity contribution in [3.05, 3.63) is 64.0 Å². The van der Waals surface area contributed by atoms with Gasteiger partial charge in [-0.05, 0) is 47.6 Å². The van der Waals surface area contributed by atoms with Gasteiger partial charge in [0.1, 0.15) is 10.9 Å². The minimum absolute atomic E-state index is 0.155. The number of piperazine rings is 1. The van der Waals surface area contributed by atoms with Crippen LogP contribution in [-0.4, -0.2) is 73.7 Å². The molecule has 15 heteroatoms. The molecule has 44 heavy (non-hydrogen) atoms. The monoisotopic (exact) mass is 670 g/mol. The Labute approximate surface area is 261 Å². The molecule has 2 aromatic carbocycles. The van der Waals surface area contributed by atoms with E-state index in [0.29, 0.717) is 23.4 Å². The Bertz CT molecular complexity index is 1710. The first-order valence-corrected chi connectivity index (χ1v) is 16.4. The Balaban J connectivity index is 1.22. The van der Waals surface area contributed by atoms with Crippen LogP contribution in [0.2, 0.25) is 5.02 Å². The van der Waals surface area contributed by atoms with Crippen LogP contribution in [0.4, 0.5) is 13.2 Å². The van der Waals surface area contributed by atoms with Crippen molar-refractivity contribution in [2.45, 2.75) is 56.4 Å². The number of sulfonamides is 1. The lowest BCUT2D eigenvalue weighted by atomic mass is 9.85. The number of alkyl halides is 3. The summed E-state index contributed by atoms with van der Waals surface area (Å²) in [4.78, 5) is 42.8. The predicted molar refractivity (Wildman–Crippen MR) is 160 cm³/mol. The van der Waals surface area contributed by atoms with E-state index in [1.807, 2.05) is 45.0 Å². The van der Waals surface area contributed by atoms with Crippen LogP contribution in [0.1, 0.15) is 42.4 Å². The summed E-state index contributed by atoms with van der Waals surface area (Å²) in [6.45, 7) is 5.23. The van der Waals surface area contributed by atoms with Crippen molar-refractivity contribution in [1.29, 1.82) is 0 Å². The van der Waals surface area contributed by atoms with Crippen LogP contribution in [0.3, 0.4) is 0 Å². The van der Waals surface area contributed by atoms with Gasteiger partial charge in [0.15, 0.2) is 0 Å². The zero-order valence-electron chi connectivity index (χ0n) is 23.9. The number of fused-ring (bicyclic) bond motifs is 3. The van der Waals surface area contributed by atoms with Crippen molar-refractivity contribution < 1.29 is 36.0 Å². The molecule has 0 unspecified atom stereocenters. The maximum Gasteiger partial charge on any atom is 0.416 e. The standard InChI is InChI=1S/C29H30ClF3N4O5S2/c1-28(2,3)25(35-26(39)22-10-16-6-4-5-7-21(16)43-22)27(40)37-15-18-12-19(37)14-36(18)24(38)13-34-44(41,42)23-11-17(29(31,32)33)8-9-20(23)30/h4-11,18-19,25,34H,12-15H2,1-3H3,(H,35,39)/t18-,19-,25+/m0/s1. The van der Waals surface area contributed by atoms with Gasteiger partial charge in [-0.1, -0.05) is 50.6 Å². The lowest BCUT2D eigenvalue weighted by molar-refractivity contribution is -0.142. The second-order valence-corrected chi connectivity index (χ2v) is 15.2. The number of amides is 3. The van der Waals surface area contributed by atoms with Crippen molar-refractivity contribution in [2.24, 2.45) is 5.41 Å². The highest BCUT2D eigenvalue weighted by atomic mass is 35.5. The van der Waals surface area contributed by atoms with Gasteiger partial charge >= 0.3 is 6.18 Å². The summed E-state index contributed by atoms with van der Waals surface area (Å²) in [6.07, 6.45) is -4.30. The number of nitrogens with one attached hydrogen (secondary N) is 2. The average molecular weight is 671 g/mol. The highest BCUT2D eigenvalue weighted by molar-refractivity contribution is 7.89. The zero-order valence-corrected chi connectivity index (χ0v) is 26.3. The highest BCUT2D eigenvalue weighted by Gasteiger charge is 2.49. The Morgan fingerprint density at radius 3 is 2.30 bits per heavy atom. The van der Waals surface area contributed by atoms with E-state index in [0.717, 1.165) is 16.2 Å². The fourth-order valence-electron chi connectivity index (χ4n) is 5.57. The van der Waals surface area contributed by atoms with E-state index in [1.54, 1.807) is 11.0 Å². The molecule has 3 amide bonds. The third kappa shape index (κ3) is 6.44. The van der Waals surface area contributed by atoms with Gasteiger partial charge in [0.05, 0.1) is 34.1 Å². The molecule has 5 rings (SSSR count). The number of hydrogen-bond donors (Lipinski definition) is 2. The first-order chi connectivity index (χ1) is 20.5. The molecule has 3 aromatic rings. The number of rotatable bonds is 7. The van der Waals surface area contributed by atoms with E-state index in [9.17, 15) is 36.0 Å². The van der Waals surface area contributed by atoms with Gasteiger partial charge in [0.25, 0.3) is 5.91 Å². The molecule has 0 spiro atoms. The van der Waals surface area contributed by atoms with Gasteiger partial charge in [-0.25, -0.2) is 13.1 Å². The Morgan fingerprint density at radius 1 is 1.02 bits per heavy atom. The van der Waals surface area contributed by atoms with E-state index >= 15 is 0 Å². The summed E-state index contributed by atoms with van der Waals surface area (Å²) in [5.41, 5.74) is -1.81. The number of thiophene rings is 1. The van der Waals surface area contributed by atoms with E-state index in [2.05, 4.69) is 10.0 Å². The number of benzene rings is 2. The Morgan fingerprint density at radius 2 is 1.68 bits per heavy atom. The van der Waals surface area contributed by atoms with E-state index in [1.165, 1.54) is 16.2 Å². The lowest BCUT2D eigenvalue weighted by Gasteiger charge is -2.39. The molecule has 0 saturated carbocycles. The van der Waals surface area contributed by atoms with Gasteiger partial charge in [-0.3, -0.25) is 14.4 Å². The molecular formula is C29H30ClF3N4O5S2. The number of carbonyl (C=O) groups excluding carboxylic acids is 3. The molecule has 3 atom stereocenters. The van der Waals surface area contributed by atoms with Gasteiger partial charge in [0.2, 0.25) is 21.8 Å². The maximum atomic E-state index is 13.8. The van der Waals surface area contributed by atoms with Crippen LogP contribution in [0.5, 0.6) is 0 Å². The first kappa shape index (κ1) is 32.2. The minimum atomic E-state index is -4.78. The second-order valence-electron chi connectivity index (χ2n) is 12.0. The van der Waals surface area contributed by atoms with Crippen molar-refractivity contribution in [2.75, 3.05) is 19.6 Å². The summed E-state index contributed by atoms with van der Waals surface area (Å²) in [6, 6.07) is 9.76. The quantitative estimate of drug-likeness (QED) is 0.384.